The maximum Gasteiger partial charge on any atom is 0.154 e. The second-order valence-electron chi connectivity index (χ2n) is 3.20. The summed E-state index contributed by atoms with van der Waals surface area (Å²) in [7, 11) is 1.59. The van der Waals surface area contributed by atoms with Gasteiger partial charge in [0, 0.05) is 0 Å². The number of methoxy groups -OCH3 is 1. The molecule has 0 fully saturated rings. The highest BCUT2D eigenvalue weighted by Crippen LogP contribution is 2.27. The van der Waals surface area contributed by atoms with E-state index in [9.17, 15) is 4.79 Å². The van der Waals surface area contributed by atoms with E-state index in [0.717, 1.165) is 23.0 Å². The fourth-order valence-corrected chi connectivity index (χ4v) is 1.51. The number of carbonyl (C=O) groups is 1. The zero-order chi connectivity index (χ0) is 10.0. The molecule has 0 aliphatic rings. The summed E-state index contributed by atoms with van der Waals surface area (Å²) in [5, 5.41) is 0. The van der Waals surface area contributed by atoms with Crippen molar-refractivity contribution in [2.75, 3.05) is 7.11 Å². The van der Waals surface area contributed by atoms with Crippen LogP contribution in [0, 0.1) is 20.8 Å². The van der Waals surface area contributed by atoms with Crippen LogP contribution in [0.1, 0.15) is 27.0 Å². The van der Waals surface area contributed by atoms with Crippen molar-refractivity contribution in [1.29, 1.82) is 0 Å². The van der Waals surface area contributed by atoms with Gasteiger partial charge in [0.15, 0.2) is 6.29 Å². The van der Waals surface area contributed by atoms with E-state index in [4.69, 9.17) is 4.74 Å². The van der Waals surface area contributed by atoms with Crippen molar-refractivity contribution in [3.05, 3.63) is 28.3 Å². The molecule has 1 rings (SSSR count). The fraction of sp³-hybridized carbons (Fsp3) is 0.364. The van der Waals surface area contributed by atoms with Crippen LogP contribution in [0.25, 0.3) is 0 Å². The van der Waals surface area contributed by atoms with Crippen LogP contribution < -0.4 is 4.74 Å². The van der Waals surface area contributed by atoms with E-state index in [2.05, 4.69) is 0 Å². The molecule has 0 saturated carbocycles. The van der Waals surface area contributed by atoms with E-state index in [1.54, 1.807) is 7.11 Å². The Labute approximate surface area is 78.5 Å². The van der Waals surface area contributed by atoms with Gasteiger partial charge in [0.2, 0.25) is 0 Å². The molecule has 2 heteroatoms. The Morgan fingerprint density at radius 1 is 1.23 bits per heavy atom. The molecule has 0 atom stereocenters. The summed E-state index contributed by atoms with van der Waals surface area (Å²) in [5.74, 6) is 0.693. The lowest BCUT2D eigenvalue weighted by Gasteiger charge is -2.12. The molecule has 0 radical (unpaired) electrons. The Hall–Kier alpha value is -1.31. The Balaban J connectivity index is 3.50. The van der Waals surface area contributed by atoms with Gasteiger partial charge >= 0.3 is 0 Å². The molecule has 0 aromatic heterocycles. The van der Waals surface area contributed by atoms with Crippen LogP contribution in [0.15, 0.2) is 6.07 Å². The predicted molar refractivity (Wildman–Crippen MR) is 52.6 cm³/mol. The largest absolute Gasteiger partial charge is 0.496 e. The van der Waals surface area contributed by atoms with Crippen molar-refractivity contribution in [2.45, 2.75) is 20.8 Å². The number of benzene rings is 1. The van der Waals surface area contributed by atoms with Gasteiger partial charge in [-0.15, -0.1) is 0 Å². The smallest absolute Gasteiger partial charge is 0.154 e. The Morgan fingerprint density at radius 2 is 1.85 bits per heavy atom. The van der Waals surface area contributed by atoms with Crippen molar-refractivity contribution in [2.24, 2.45) is 0 Å². The summed E-state index contributed by atoms with van der Waals surface area (Å²) in [6, 6.07) is 2.03. The highest BCUT2D eigenvalue weighted by atomic mass is 16.5. The maximum atomic E-state index is 10.8. The third-order valence-corrected chi connectivity index (χ3v) is 2.35. The molecule has 0 saturated heterocycles. The SMILES string of the molecule is COc1c(C)cc(C)c(C)c1C=O. The number of rotatable bonds is 2. The minimum absolute atomic E-state index is 0.667. The van der Waals surface area contributed by atoms with E-state index in [0.29, 0.717) is 11.3 Å². The summed E-state index contributed by atoms with van der Waals surface area (Å²) >= 11 is 0. The average molecular weight is 178 g/mol. The van der Waals surface area contributed by atoms with Crippen molar-refractivity contribution < 1.29 is 9.53 Å². The summed E-state index contributed by atoms with van der Waals surface area (Å²) < 4.78 is 5.17. The lowest BCUT2D eigenvalue weighted by atomic mass is 9.99. The molecule has 0 N–H and O–H groups in total. The number of aryl methyl sites for hydroxylation is 2. The summed E-state index contributed by atoms with van der Waals surface area (Å²) in [6.45, 7) is 5.87. The molecular weight excluding hydrogens is 164 g/mol. The molecule has 13 heavy (non-hydrogen) atoms. The molecular formula is C11H14O2. The van der Waals surface area contributed by atoms with Crippen LogP contribution in [0.2, 0.25) is 0 Å². The molecule has 0 unspecified atom stereocenters. The molecule has 0 heterocycles. The minimum Gasteiger partial charge on any atom is -0.496 e. The quantitative estimate of drug-likeness (QED) is 0.650. The number of ether oxygens (including phenoxy) is 1. The van der Waals surface area contributed by atoms with Gasteiger partial charge < -0.3 is 4.74 Å². The number of hydrogen-bond donors (Lipinski definition) is 0. The highest BCUT2D eigenvalue weighted by Gasteiger charge is 2.10. The van der Waals surface area contributed by atoms with E-state index in [1.165, 1.54) is 0 Å². The molecule has 0 bridgehead atoms. The van der Waals surface area contributed by atoms with Crippen molar-refractivity contribution in [1.82, 2.24) is 0 Å². The molecule has 0 amide bonds. The topological polar surface area (TPSA) is 26.3 Å². The van der Waals surface area contributed by atoms with E-state index < -0.39 is 0 Å². The van der Waals surface area contributed by atoms with Crippen LogP contribution in [-0.4, -0.2) is 13.4 Å². The number of carbonyl (C=O) groups excluding carboxylic acids is 1. The molecule has 70 valence electrons. The normalized spacial score (nSPS) is 9.85. The molecule has 0 spiro atoms. The van der Waals surface area contributed by atoms with Gasteiger partial charge in [0.25, 0.3) is 0 Å². The van der Waals surface area contributed by atoms with Crippen molar-refractivity contribution in [3.8, 4) is 5.75 Å². The van der Waals surface area contributed by atoms with Gasteiger partial charge in [-0.1, -0.05) is 6.07 Å². The molecule has 1 aromatic rings. The molecule has 0 aliphatic heterocycles. The maximum absolute atomic E-state index is 10.8. The van der Waals surface area contributed by atoms with Gasteiger partial charge in [-0.05, 0) is 37.5 Å². The second kappa shape index (κ2) is 3.60. The van der Waals surface area contributed by atoms with Gasteiger partial charge in [0.1, 0.15) is 5.75 Å². The summed E-state index contributed by atoms with van der Waals surface area (Å²) in [6.07, 6.45) is 0.855. The zero-order valence-corrected chi connectivity index (χ0v) is 8.47. The zero-order valence-electron chi connectivity index (χ0n) is 8.47. The summed E-state index contributed by atoms with van der Waals surface area (Å²) in [5.41, 5.74) is 3.80. The number of hydrogen-bond acceptors (Lipinski definition) is 2. The van der Waals surface area contributed by atoms with Gasteiger partial charge in [-0.25, -0.2) is 0 Å². The molecule has 1 aromatic carbocycles. The van der Waals surface area contributed by atoms with Crippen LogP contribution in [0.5, 0.6) is 5.75 Å². The van der Waals surface area contributed by atoms with Crippen LogP contribution in [-0.2, 0) is 0 Å². The first-order valence-electron chi connectivity index (χ1n) is 4.21. The molecule has 2 nitrogen and oxygen atoms in total. The Bertz CT molecular complexity index is 340. The average Bonchev–Trinajstić information content (AvgIpc) is 2.10. The van der Waals surface area contributed by atoms with Gasteiger partial charge in [0.05, 0.1) is 12.7 Å². The third-order valence-electron chi connectivity index (χ3n) is 2.35. The minimum atomic E-state index is 0.667. The van der Waals surface area contributed by atoms with Crippen LogP contribution in [0.4, 0.5) is 0 Å². The van der Waals surface area contributed by atoms with Crippen molar-refractivity contribution >= 4 is 6.29 Å². The van der Waals surface area contributed by atoms with Crippen LogP contribution in [0.3, 0.4) is 0 Å². The lowest BCUT2D eigenvalue weighted by molar-refractivity contribution is 0.112. The Morgan fingerprint density at radius 3 is 2.31 bits per heavy atom. The second-order valence-corrected chi connectivity index (χ2v) is 3.20. The van der Waals surface area contributed by atoms with E-state index >= 15 is 0 Å². The van der Waals surface area contributed by atoms with E-state index in [-0.39, 0.29) is 0 Å². The Kier molecular flexibility index (Phi) is 2.71. The first-order valence-corrected chi connectivity index (χ1v) is 4.21. The van der Waals surface area contributed by atoms with E-state index in [1.807, 2.05) is 26.8 Å². The predicted octanol–water partition coefficient (Wildman–Crippen LogP) is 2.43. The van der Waals surface area contributed by atoms with Crippen molar-refractivity contribution in [3.63, 3.8) is 0 Å². The van der Waals surface area contributed by atoms with Gasteiger partial charge in [-0.3, -0.25) is 4.79 Å². The van der Waals surface area contributed by atoms with Crippen LogP contribution >= 0.6 is 0 Å². The highest BCUT2D eigenvalue weighted by molar-refractivity contribution is 5.83. The lowest BCUT2D eigenvalue weighted by Crippen LogP contribution is -1.98. The van der Waals surface area contributed by atoms with Gasteiger partial charge in [-0.2, -0.15) is 0 Å². The first kappa shape index (κ1) is 9.78. The molecule has 0 aliphatic carbocycles. The fourth-order valence-electron chi connectivity index (χ4n) is 1.51. The monoisotopic (exact) mass is 178 g/mol. The first-order chi connectivity index (χ1) is 6.11. The number of aldehydes is 1. The standard InChI is InChI=1S/C11H14O2/c1-7-5-8(2)11(13-4)10(6-12)9(7)3/h5-6H,1-4H3. The summed E-state index contributed by atoms with van der Waals surface area (Å²) in [4.78, 5) is 10.8. The third kappa shape index (κ3) is 1.57.